The van der Waals surface area contributed by atoms with Gasteiger partial charge in [0.15, 0.2) is 0 Å². The van der Waals surface area contributed by atoms with Crippen molar-refractivity contribution in [2.75, 3.05) is 31.8 Å². The van der Waals surface area contributed by atoms with Crippen LogP contribution in [-0.2, 0) is 73.7 Å². The average Bonchev–Trinajstić information content (AvgIpc) is 2.38. The molecule has 38 nitrogen and oxygen atoms in total. The van der Waals surface area contributed by atoms with E-state index in [-0.39, 0.29) is 63.6 Å². The Labute approximate surface area is 510 Å². The second-order valence-electron chi connectivity index (χ2n) is 19.7. The molecule has 8 heterocycles. The van der Waals surface area contributed by atoms with E-state index in [1.165, 1.54) is 33.9 Å². The van der Waals surface area contributed by atoms with Gasteiger partial charge in [0.1, 0.15) is 67.6 Å². The number of aryl methyl sites for hydroxylation is 4. The van der Waals surface area contributed by atoms with Crippen molar-refractivity contribution in [1.82, 2.24) is 43.5 Å². The number of rotatable bonds is 24. The minimum atomic E-state index is -5.53. The SMILES string of the molecule is Cc1cn(C2CC(NC(=O)CBr)C(COP(=O)(O)OC3CC(n4cc(C)c(=O)[nH]c4=O)OC3COP(=O)(O)OC3CC(n4cc(C)c(=O)[nH]c4=O)OC3COP(=O)(O)OC3CC(n4cc(C)c(=O)[nH]c4=O)OC3COP(=O)(O)O)O2)c(=O)[nH]c1=O.[Na+]. The summed E-state index contributed by atoms with van der Waals surface area (Å²) in [4.78, 5) is 173. The Hall–Kier alpha value is -4.05. The Bertz CT molecular complexity index is 3880. The second-order valence-corrected chi connectivity index (χ2v) is 25.7. The number of halogens is 1. The number of phosphoric ester groups is 4. The first-order valence-electron chi connectivity index (χ1n) is 25.1. The van der Waals surface area contributed by atoms with E-state index in [0.29, 0.717) is 0 Å². The van der Waals surface area contributed by atoms with Gasteiger partial charge in [0.2, 0.25) is 5.91 Å². The van der Waals surface area contributed by atoms with Gasteiger partial charge >= 0.3 is 83.6 Å². The maximum atomic E-state index is 14.0. The van der Waals surface area contributed by atoms with Crippen LogP contribution in [0.5, 0.6) is 0 Å². The predicted octanol–water partition coefficient (Wildman–Crippen LogP) is -4.93. The van der Waals surface area contributed by atoms with E-state index in [4.69, 9.17) is 46.1 Å². The second kappa shape index (κ2) is 28.0. The standard InChI is InChI=1S/C42H56BrN9O29P4.Na/c1-18-10-49(39(58)45-35(18)54)31-5-22(44-30(53)9-43)26(75-31)14-72-83(65,66)80-24-7-33(51-12-20(3)37(56)47-41(51)60)77-28(24)16-74-85(69,70)81-25-8-34(52-13-21(4)38(57)48-42(52)61)78-29(25)17-73-84(67,68)79-23-6-32(76-27(23)15-71-82(62,63)64)50-11-19(2)36(55)46-40(50)59;/h10-13,22-29,31-34H,5-9,14-17H2,1-4H3,(H,44,53)(H,65,66)(H,67,68)(H,69,70)(H,45,54,58)(H,46,55,59)(H,47,56,60)(H,48,57,61)(H2,62,63,64);/q;+1. The fraction of sp³-hybridized carbons (Fsp3) is 0.595. The molecule has 1 amide bonds. The Kier molecular flexibility index (Phi) is 22.6. The number of nitrogens with zero attached hydrogens (tertiary/aromatic N) is 4. The van der Waals surface area contributed by atoms with Crippen molar-refractivity contribution in [3.63, 3.8) is 0 Å². The first-order valence-corrected chi connectivity index (χ1v) is 32.2. The molecule has 0 saturated carbocycles. The molecule has 15 unspecified atom stereocenters. The smallest absolute Gasteiger partial charge is 0.350 e. The first-order chi connectivity index (χ1) is 39.7. The minimum absolute atomic E-state index is 0. The van der Waals surface area contributed by atoms with Crippen LogP contribution in [0.15, 0.2) is 63.1 Å². The zero-order chi connectivity index (χ0) is 62.2. The zero-order valence-corrected chi connectivity index (χ0v) is 52.8. The van der Waals surface area contributed by atoms with Gasteiger partial charge in [-0.25, -0.2) is 37.4 Å². The summed E-state index contributed by atoms with van der Waals surface area (Å²) in [6.07, 6.45) is -14.1. The average molecular weight is 1380 g/mol. The number of hydrogen-bond acceptors (Lipinski definition) is 24. The van der Waals surface area contributed by atoms with E-state index >= 15 is 0 Å². The Morgan fingerprint density at radius 3 is 1.06 bits per heavy atom. The van der Waals surface area contributed by atoms with Crippen LogP contribution in [0.4, 0.5) is 0 Å². The zero-order valence-electron chi connectivity index (χ0n) is 45.6. The van der Waals surface area contributed by atoms with Crippen molar-refractivity contribution in [2.45, 2.75) is 127 Å². The molecule has 15 atom stereocenters. The number of hydrogen-bond donors (Lipinski definition) is 10. The molecule has 0 bridgehead atoms. The van der Waals surface area contributed by atoms with Gasteiger partial charge in [0.25, 0.3) is 22.2 Å². The fourth-order valence-electron chi connectivity index (χ4n) is 9.33. The minimum Gasteiger partial charge on any atom is -0.350 e. The maximum absolute atomic E-state index is 14.0. The molecule has 8 rings (SSSR count). The number of aromatic amines is 4. The molecule has 4 fully saturated rings. The summed E-state index contributed by atoms with van der Waals surface area (Å²) in [7, 11) is -21.5. The summed E-state index contributed by atoms with van der Waals surface area (Å²) in [6, 6.07) is -0.966. The van der Waals surface area contributed by atoms with Gasteiger partial charge < -0.3 is 48.7 Å². The monoisotopic (exact) mass is 1380 g/mol. The molecule has 4 aliphatic heterocycles. The summed E-state index contributed by atoms with van der Waals surface area (Å²) >= 11 is 3.03. The number of carbonyl (C=O) groups excluding carboxylic acids is 1. The van der Waals surface area contributed by atoms with E-state index in [2.05, 4.69) is 40.7 Å². The largest absolute Gasteiger partial charge is 1.00 e. The number of ether oxygens (including phenoxy) is 4. The van der Waals surface area contributed by atoms with E-state index in [9.17, 15) is 85.9 Å². The topological polar surface area (TPSA) is 520 Å². The molecule has 86 heavy (non-hydrogen) atoms. The third kappa shape index (κ3) is 17.5. The molecule has 0 radical (unpaired) electrons. The molecule has 4 aliphatic rings. The van der Waals surface area contributed by atoms with Crippen molar-refractivity contribution < 1.29 is 128 Å². The van der Waals surface area contributed by atoms with Crippen molar-refractivity contribution in [2.24, 2.45) is 0 Å². The van der Waals surface area contributed by atoms with Crippen molar-refractivity contribution >= 4 is 53.1 Å². The molecule has 44 heteroatoms. The van der Waals surface area contributed by atoms with Gasteiger partial charge in [-0.1, -0.05) is 15.9 Å². The van der Waals surface area contributed by atoms with Crippen LogP contribution in [0.25, 0.3) is 0 Å². The fourth-order valence-corrected chi connectivity index (χ4v) is 12.7. The number of amides is 1. The summed E-state index contributed by atoms with van der Waals surface area (Å²) in [5, 5.41) is 2.46. The van der Waals surface area contributed by atoms with Crippen molar-refractivity contribution in [3.05, 3.63) is 130 Å². The van der Waals surface area contributed by atoms with Gasteiger partial charge in [-0.3, -0.25) is 93.8 Å². The van der Waals surface area contributed by atoms with Crippen LogP contribution >= 0.6 is 47.2 Å². The number of nitrogens with one attached hydrogen (secondary N) is 5. The molecule has 470 valence electrons. The molecule has 4 aromatic rings. The molecule has 0 aliphatic carbocycles. The summed E-state index contributed by atoms with van der Waals surface area (Å²) < 4.78 is 117. The van der Waals surface area contributed by atoms with E-state index in [0.717, 1.165) is 36.9 Å². The maximum Gasteiger partial charge on any atom is 1.00 e. The molecular formula is C42H56BrN9NaO29P4+. The normalized spacial score (nSPS) is 27.9. The van der Waals surface area contributed by atoms with Crippen LogP contribution in [0.1, 0.15) is 72.8 Å². The van der Waals surface area contributed by atoms with Crippen LogP contribution in [0.3, 0.4) is 0 Å². The van der Waals surface area contributed by atoms with Gasteiger partial charge in [0, 0.05) is 72.7 Å². The number of phosphoric acid groups is 4. The quantitative estimate of drug-likeness (QED) is 0.0178. The summed E-state index contributed by atoms with van der Waals surface area (Å²) in [5.41, 5.74) is -6.75. The van der Waals surface area contributed by atoms with Crippen LogP contribution in [0.2, 0.25) is 0 Å². The third-order valence-electron chi connectivity index (χ3n) is 13.5. The van der Waals surface area contributed by atoms with E-state index < -0.39 is 202 Å². The van der Waals surface area contributed by atoms with Gasteiger partial charge in [-0.05, 0) is 27.7 Å². The van der Waals surface area contributed by atoms with Crippen LogP contribution < -0.4 is 79.9 Å². The van der Waals surface area contributed by atoms with Crippen LogP contribution in [-0.4, -0.2) is 149 Å². The number of alkyl halides is 1. The van der Waals surface area contributed by atoms with Crippen LogP contribution in [0, 0.1) is 27.7 Å². The van der Waals surface area contributed by atoms with Gasteiger partial charge in [-0.15, -0.1) is 0 Å². The molecular weight excluding hydrogens is 1320 g/mol. The number of carbonyl (C=O) groups is 1. The van der Waals surface area contributed by atoms with E-state index in [1.807, 2.05) is 4.98 Å². The third-order valence-corrected chi connectivity index (χ3v) is 17.5. The molecule has 0 aromatic carbocycles. The Morgan fingerprint density at radius 1 is 0.500 bits per heavy atom. The predicted molar refractivity (Wildman–Crippen MR) is 284 cm³/mol. The number of aromatic nitrogens is 8. The number of H-pyrrole nitrogens is 4. The molecule has 4 aromatic heterocycles. The van der Waals surface area contributed by atoms with Crippen molar-refractivity contribution in [3.8, 4) is 0 Å². The van der Waals surface area contributed by atoms with Crippen molar-refractivity contribution in [1.29, 1.82) is 0 Å². The first kappa shape index (κ1) is 69.4. The molecule has 0 spiro atoms. The summed E-state index contributed by atoms with van der Waals surface area (Å²) in [6.45, 7) is 1.49. The van der Waals surface area contributed by atoms with Gasteiger partial charge in [-0.2, -0.15) is 0 Å². The Balaban J connectivity index is 0.0000106. The van der Waals surface area contributed by atoms with Gasteiger partial charge in [0.05, 0.1) is 37.8 Å². The van der Waals surface area contributed by atoms with E-state index in [1.54, 1.807) is 0 Å². The molecule has 10 N–H and O–H groups in total. The summed E-state index contributed by atoms with van der Waals surface area (Å²) in [5.74, 6) is -0.551. The Morgan fingerprint density at radius 2 is 0.767 bits per heavy atom. The molecule has 4 saturated heterocycles.